The molecular formula is C31H52N2O5. The summed E-state index contributed by atoms with van der Waals surface area (Å²) in [5.74, 6) is 0. The van der Waals surface area contributed by atoms with E-state index in [1.165, 1.54) is 57.8 Å². The lowest BCUT2D eigenvalue weighted by molar-refractivity contribution is 0.0215. The van der Waals surface area contributed by atoms with Gasteiger partial charge in [-0.2, -0.15) is 4.98 Å². The topological polar surface area (TPSA) is 75.0 Å². The Bertz CT molecular complexity index is 856. The van der Waals surface area contributed by atoms with Crippen LogP contribution in [0, 0.1) is 0 Å². The first kappa shape index (κ1) is 32.3. The fourth-order valence-electron chi connectivity index (χ4n) is 4.57. The number of aromatic nitrogens is 2. The molecule has 0 unspecified atom stereocenters. The van der Waals surface area contributed by atoms with Crippen molar-refractivity contribution in [1.29, 1.82) is 0 Å². The van der Waals surface area contributed by atoms with Gasteiger partial charge in [-0.3, -0.25) is 4.57 Å². The van der Waals surface area contributed by atoms with Crippen LogP contribution >= 0.6 is 0 Å². The van der Waals surface area contributed by atoms with E-state index in [1.807, 2.05) is 28.8 Å². The Morgan fingerprint density at radius 1 is 0.868 bits per heavy atom. The number of hydrogen-bond donors (Lipinski definition) is 1. The van der Waals surface area contributed by atoms with Crippen LogP contribution in [0.5, 0.6) is 6.01 Å². The van der Waals surface area contributed by atoms with Gasteiger partial charge in [-0.15, -0.1) is 0 Å². The minimum Gasteiger partial charge on any atom is -0.454 e. The molecule has 2 aromatic rings. The van der Waals surface area contributed by atoms with E-state index in [1.54, 1.807) is 13.2 Å². The van der Waals surface area contributed by atoms with Crippen molar-refractivity contribution in [3.63, 3.8) is 0 Å². The van der Waals surface area contributed by atoms with E-state index < -0.39 is 12.2 Å². The summed E-state index contributed by atoms with van der Waals surface area (Å²) in [5, 5.41) is 10.8. The summed E-state index contributed by atoms with van der Waals surface area (Å²) in [6, 6.07) is 8.42. The third-order valence-corrected chi connectivity index (χ3v) is 6.84. The lowest BCUT2D eigenvalue weighted by Crippen LogP contribution is -2.31. The molecule has 2 atom stereocenters. The van der Waals surface area contributed by atoms with Crippen molar-refractivity contribution in [2.75, 3.05) is 40.1 Å². The highest BCUT2D eigenvalue weighted by atomic mass is 16.5. The van der Waals surface area contributed by atoms with Gasteiger partial charge in [0.25, 0.3) is 6.01 Å². The highest BCUT2D eigenvalue weighted by Crippen LogP contribution is 2.24. The number of unbranched alkanes of at least 4 members (excludes halogenated alkanes) is 10. The van der Waals surface area contributed by atoms with Gasteiger partial charge < -0.3 is 24.1 Å². The zero-order valence-electron chi connectivity index (χ0n) is 24.0. The normalized spacial score (nSPS) is 13.1. The van der Waals surface area contributed by atoms with Crippen molar-refractivity contribution in [2.45, 2.75) is 103 Å². The molecule has 1 heterocycles. The van der Waals surface area contributed by atoms with Gasteiger partial charge in [0.1, 0.15) is 6.10 Å². The molecule has 1 aromatic heterocycles. The van der Waals surface area contributed by atoms with Crippen LogP contribution in [-0.4, -0.2) is 67.0 Å². The molecule has 1 N–H and O–H groups in total. The van der Waals surface area contributed by atoms with Crippen LogP contribution in [0.25, 0.3) is 11.0 Å². The maximum atomic E-state index is 10.8. The zero-order chi connectivity index (χ0) is 27.3. The van der Waals surface area contributed by atoms with Gasteiger partial charge in [-0.1, -0.05) is 96.3 Å². The monoisotopic (exact) mass is 532 g/mol. The molecule has 0 radical (unpaired) electrons. The fourth-order valence-corrected chi connectivity index (χ4v) is 4.57. The van der Waals surface area contributed by atoms with E-state index in [9.17, 15) is 5.11 Å². The number of aliphatic hydroxyl groups excluding tert-OH is 1. The molecule has 0 saturated heterocycles. The Hall–Kier alpha value is -1.93. The van der Waals surface area contributed by atoms with Gasteiger partial charge in [0.2, 0.25) is 0 Å². The summed E-state index contributed by atoms with van der Waals surface area (Å²) in [7, 11) is 1.66. The Labute approximate surface area is 230 Å². The largest absolute Gasteiger partial charge is 0.454 e. The van der Waals surface area contributed by atoms with Gasteiger partial charge in [-0.25, -0.2) is 0 Å². The second-order valence-electron chi connectivity index (χ2n) is 9.96. The minimum atomic E-state index is -0.611. The first-order valence-electron chi connectivity index (χ1n) is 14.8. The minimum absolute atomic E-state index is 0.481. The lowest BCUT2D eigenvalue weighted by atomic mass is 10.0. The summed E-state index contributed by atoms with van der Waals surface area (Å²) in [6.45, 7) is 9.46. The molecule has 0 aliphatic heterocycles. The number of fused-ring (bicyclic) bond motifs is 1. The average molecular weight is 533 g/mol. The zero-order valence-corrected chi connectivity index (χ0v) is 24.0. The number of nitrogens with zero attached hydrogens (tertiary/aromatic N) is 2. The molecule has 0 amide bonds. The standard InChI is InChI=1S/C31H52N2O5/c1-4-6-7-8-9-10-11-12-13-14-15-20-29(34)30(5-2)38-31-32-27-18-16-17-19-28(27)33(31)21-22-36-25-26-37-24-23-35-3/h5,16-19,29-30,34H,2,4,6-15,20-26H2,1,3H3/t29-,30-/m0/s1. The summed E-state index contributed by atoms with van der Waals surface area (Å²) in [4.78, 5) is 4.68. The van der Waals surface area contributed by atoms with Gasteiger partial charge in [0.05, 0.1) is 56.7 Å². The third-order valence-electron chi connectivity index (χ3n) is 6.84. The molecule has 0 spiro atoms. The highest BCUT2D eigenvalue weighted by molar-refractivity contribution is 5.76. The molecular weight excluding hydrogens is 480 g/mol. The maximum Gasteiger partial charge on any atom is 0.298 e. The number of para-hydroxylation sites is 2. The van der Waals surface area contributed by atoms with Crippen LogP contribution < -0.4 is 4.74 Å². The molecule has 0 saturated carbocycles. The molecule has 7 nitrogen and oxygen atoms in total. The quantitative estimate of drug-likeness (QED) is 0.113. The second kappa shape index (κ2) is 21.0. The van der Waals surface area contributed by atoms with E-state index in [4.69, 9.17) is 18.9 Å². The maximum absolute atomic E-state index is 10.8. The fraction of sp³-hybridized carbons (Fsp3) is 0.710. The SMILES string of the molecule is C=C[C@H](Oc1nc2ccccc2n1CCOCCOCCOC)[C@@H](O)CCCCCCCCCCCCC. The Morgan fingerprint density at radius 2 is 1.47 bits per heavy atom. The summed E-state index contributed by atoms with van der Waals surface area (Å²) in [5.41, 5.74) is 1.83. The predicted octanol–water partition coefficient (Wildman–Crippen LogP) is 6.71. The first-order valence-corrected chi connectivity index (χ1v) is 14.8. The number of rotatable bonds is 25. The highest BCUT2D eigenvalue weighted by Gasteiger charge is 2.21. The molecule has 7 heteroatoms. The molecule has 0 aliphatic rings. The number of hydrogen-bond acceptors (Lipinski definition) is 6. The van der Waals surface area contributed by atoms with Crippen LogP contribution in [0.3, 0.4) is 0 Å². The van der Waals surface area contributed by atoms with Crippen molar-refractivity contribution in [1.82, 2.24) is 9.55 Å². The van der Waals surface area contributed by atoms with Crippen molar-refractivity contribution < 1.29 is 24.1 Å². The van der Waals surface area contributed by atoms with Crippen LogP contribution in [0.1, 0.15) is 84.0 Å². The van der Waals surface area contributed by atoms with Gasteiger partial charge in [-0.05, 0) is 24.6 Å². The van der Waals surface area contributed by atoms with Gasteiger partial charge >= 0.3 is 0 Å². The molecule has 0 fully saturated rings. The average Bonchev–Trinajstić information content (AvgIpc) is 3.28. The van der Waals surface area contributed by atoms with Crippen LogP contribution in [0.2, 0.25) is 0 Å². The van der Waals surface area contributed by atoms with Crippen LogP contribution in [0.15, 0.2) is 36.9 Å². The van der Waals surface area contributed by atoms with E-state index in [0.29, 0.717) is 52.0 Å². The van der Waals surface area contributed by atoms with E-state index in [0.717, 1.165) is 23.9 Å². The molecule has 1 aromatic carbocycles. The van der Waals surface area contributed by atoms with E-state index in [2.05, 4.69) is 18.5 Å². The Morgan fingerprint density at radius 3 is 2.13 bits per heavy atom. The molecule has 2 rings (SSSR count). The smallest absolute Gasteiger partial charge is 0.298 e. The van der Waals surface area contributed by atoms with Gasteiger partial charge in [0.15, 0.2) is 0 Å². The summed E-state index contributed by atoms with van der Waals surface area (Å²) >= 11 is 0. The van der Waals surface area contributed by atoms with Crippen molar-refractivity contribution in [2.24, 2.45) is 0 Å². The number of methoxy groups -OCH3 is 1. The van der Waals surface area contributed by atoms with E-state index in [-0.39, 0.29) is 0 Å². The lowest BCUT2D eigenvalue weighted by Gasteiger charge is -2.21. The van der Waals surface area contributed by atoms with Crippen molar-refractivity contribution >= 4 is 11.0 Å². The van der Waals surface area contributed by atoms with Crippen LogP contribution in [0.4, 0.5) is 0 Å². The summed E-state index contributed by atoms with van der Waals surface area (Å²) < 4.78 is 24.4. The predicted molar refractivity (Wildman–Crippen MR) is 155 cm³/mol. The summed E-state index contributed by atoms with van der Waals surface area (Å²) in [6.07, 6.45) is 15.4. The van der Waals surface area contributed by atoms with Crippen molar-refractivity contribution in [3.8, 4) is 6.01 Å². The third kappa shape index (κ3) is 12.7. The van der Waals surface area contributed by atoms with Crippen LogP contribution in [-0.2, 0) is 20.8 Å². The van der Waals surface area contributed by atoms with E-state index >= 15 is 0 Å². The molecule has 0 aliphatic carbocycles. The first-order chi connectivity index (χ1) is 18.7. The molecule has 0 bridgehead atoms. The number of benzene rings is 1. The van der Waals surface area contributed by atoms with Crippen molar-refractivity contribution in [3.05, 3.63) is 36.9 Å². The Kier molecular flexibility index (Phi) is 17.8. The van der Waals surface area contributed by atoms with Gasteiger partial charge in [0, 0.05) is 7.11 Å². The number of aliphatic hydroxyl groups is 1. The molecule has 216 valence electrons. The second-order valence-corrected chi connectivity index (χ2v) is 9.96. The molecule has 38 heavy (non-hydrogen) atoms. The number of ether oxygens (including phenoxy) is 4. The number of imidazole rings is 1. The Balaban J connectivity index is 1.74.